The fourth-order valence-corrected chi connectivity index (χ4v) is 3.00. The molecule has 2 unspecified atom stereocenters. The van der Waals surface area contributed by atoms with Crippen molar-refractivity contribution in [3.05, 3.63) is 23.7 Å². The Morgan fingerprint density at radius 3 is 2.85 bits per heavy atom. The van der Waals surface area contributed by atoms with Gasteiger partial charge in [-0.25, -0.2) is 0 Å². The first-order valence-electron chi connectivity index (χ1n) is 6.73. The van der Waals surface area contributed by atoms with Crippen LogP contribution in [-0.2, 0) is 10.5 Å². The summed E-state index contributed by atoms with van der Waals surface area (Å²) in [5.41, 5.74) is 0. The first kappa shape index (κ1) is 15.0. The molecule has 0 radical (unpaired) electrons. The number of furan rings is 1. The lowest BCUT2D eigenvalue weighted by atomic mass is 9.84. The van der Waals surface area contributed by atoms with Crippen molar-refractivity contribution in [3.63, 3.8) is 0 Å². The summed E-state index contributed by atoms with van der Waals surface area (Å²) < 4.78 is 5.44. The number of thioether (sulfide) groups is 1. The topological polar surface area (TPSA) is 79.5 Å². The zero-order valence-corrected chi connectivity index (χ0v) is 12.2. The van der Waals surface area contributed by atoms with Gasteiger partial charge in [-0.1, -0.05) is 12.8 Å². The van der Waals surface area contributed by atoms with Gasteiger partial charge in [0, 0.05) is 6.04 Å². The van der Waals surface area contributed by atoms with Crippen molar-refractivity contribution in [3.8, 4) is 0 Å². The third-order valence-electron chi connectivity index (χ3n) is 3.57. The number of aliphatic carboxylic acids is 1. The van der Waals surface area contributed by atoms with E-state index in [4.69, 9.17) is 4.42 Å². The van der Waals surface area contributed by atoms with Crippen molar-refractivity contribution in [2.75, 3.05) is 6.26 Å². The molecule has 2 atom stereocenters. The smallest absolute Gasteiger partial charge is 0.308 e. The van der Waals surface area contributed by atoms with E-state index in [1.54, 1.807) is 23.9 Å². The Labute approximate surface area is 122 Å². The van der Waals surface area contributed by atoms with Crippen LogP contribution in [0.1, 0.15) is 42.0 Å². The van der Waals surface area contributed by atoms with E-state index in [0.29, 0.717) is 18.6 Å². The van der Waals surface area contributed by atoms with Gasteiger partial charge < -0.3 is 14.8 Å². The van der Waals surface area contributed by atoms with Crippen molar-refractivity contribution >= 4 is 23.6 Å². The molecule has 110 valence electrons. The first-order valence-corrected chi connectivity index (χ1v) is 8.12. The number of hydrogen-bond donors (Lipinski definition) is 2. The highest BCUT2D eigenvalue weighted by atomic mass is 32.2. The van der Waals surface area contributed by atoms with Crippen LogP contribution < -0.4 is 5.32 Å². The average molecular weight is 297 g/mol. The van der Waals surface area contributed by atoms with Gasteiger partial charge in [-0.15, -0.1) is 0 Å². The van der Waals surface area contributed by atoms with E-state index in [-0.39, 0.29) is 17.7 Å². The number of carbonyl (C=O) groups is 2. The van der Waals surface area contributed by atoms with E-state index < -0.39 is 11.9 Å². The van der Waals surface area contributed by atoms with Gasteiger partial charge in [-0.3, -0.25) is 9.59 Å². The number of carboxylic acid groups (broad SMARTS) is 1. The molecule has 1 aliphatic carbocycles. The third kappa shape index (κ3) is 3.56. The normalized spacial score (nSPS) is 22.4. The Bertz CT molecular complexity index is 485. The Hall–Kier alpha value is -1.43. The van der Waals surface area contributed by atoms with Crippen molar-refractivity contribution < 1.29 is 19.1 Å². The second-order valence-corrected chi connectivity index (χ2v) is 5.87. The maximum absolute atomic E-state index is 12.1. The highest BCUT2D eigenvalue weighted by molar-refractivity contribution is 7.97. The van der Waals surface area contributed by atoms with Gasteiger partial charge in [0.1, 0.15) is 5.76 Å². The van der Waals surface area contributed by atoms with Crippen molar-refractivity contribution in [1.29, 1.82) is 0 Å². The van der Waals surface area contributed by atoms with E-state index >= 15 is 0 Å². The van der Waals surface area contributed by atoms with Crippen LogP contribution in [0.2, 0.25) is 0 Å². The molecule has 20 heavy (non-hydrogen) atoms. The number of carbonyl (C=O) groups excluding carboxylic acids is 1. The predicted molar refractivity (Wildman–Crippen MR) is 76.8 cm³/mol. The van der Waals surface area contributed by atoms with E-state index in [1.807, 2.05) is 6.26 Å². The van der Waals surface area contributed by atoms with E-state index in [9.17, 15) is 14.7 Å². The lowest BCUT2D eigenvalue weighted by Gasteiger charge is -2.28. The molecule has 1 amide bonds. The molecule has 6 heteroatoms. The summed E-state index contributed by atoms with van der Waals surface area (Å²) in [7, 11) is 0. The Morgan fingerprint density at radius 2 is 2.15 bits per heavy atom. The summed E-state index contributed by atoms with van der Waals surface area (Å²) in [6, 6.07) is 3.11. The van der Waals surface area contributed by atoms with Crippen LogP contribution in [0, 0.1) is 5.92 Å². The monoisotopic (exact) mass is 297 g/mol. The highest BCUT2D eigenvalue weighted by Gasteiger charge is 2.32. The predicted octanol–water partition coefficient (Wildman–Crippen LogP) is 2.52. The van der Waals surface area contributed by atoms with Crippen molar-refractivity contribution in [2.45, 2.75) is 37.5 Å². The van der Waals surface area contributed by atoms with E-state index in [2.05, 4.69) is 5.32 Å². The molecule has 1 heterocycles. The van der Waals surface area contributed by atoms with Crippen LogP contribution in [0.25, 0.3) is 0 Å². The largest absolute Gasteiger partial charge is 0.481 e. The number of amides is 1. The van der Waals surface area contributed by atoms with Crippen LogP contribution in [0.15, 0.2) is 16.5 Å². The van der Waals surface area contributed by atoms with Gasteiger partial charge in [0.25, 0.3) is 5.91 Å². The van der Waals surface area contributed by atoms with Crippen molar-refractivity contribution in [2.24, 2.45) is 5.92 Å². The SMILES string of the molecule is CSCc1ccc(C(=O)NC2CCCCC2C(=O)O)o1. The second-order valence-electron chi connectivity index (χ2n) is 5.01. The number of carboxylic acids is 1. The Balaban J connectivity index is 1.99. The molecule has 1 aliphatic rings. The summed E-state index contributed by atoms with van der Waals surface area (Å²) in [5, 5.41) is 12.0. The average Bonchev–Trinajstić information content (AvgIpc) is 2.88. The van der Waals surface area contributed by atoms with Crippen LogP contribution in [0.5, 0.6) is 0 Å². The van der Waals surface area contributed by atoms with Gasteiger partial charge in [0.2, 0.25) is 0 Å². The molecule has 5 nitrogen and oxygen atoms in total. The minimum atomic E-state index is -0.836. The molecule has 2 rings (SSSR count). The number of rotatable bonds is 5. The minimum absolute atomic E-state index is 0.253. The molecular formula is C14H19NO4S. The van der Waals surface area contributed by atoms with Crippen molar-refractivity contribution in [1.82, 2.24) is 5.32 Å². The molecule has 0 bridgehead atoms. The molecule has 0 spiro atoms. The molecule has 1 aromatic heterocycles. The number of hydrogen-bond acceptors (Lipinski definition) is 4. The summed E-state index contributed by atoms with van der Waals surface area (Å²) in [5.74, 6) is 0.0697. The zero-order chi connectivity index (χ0) is 14.5. The van der Waals surface area contributed by atoms with Crippen LogP contribution in [0.3, 0.4) is 0 Å². The fraction of sp³-hybridized carbons (Fsp3) is 0.571. The van der Waals surface area contributed by atoms with Gasteiger partial charge in [0.05, 0.1) is 11.7 Å². The quantitative estimate of drug-likeness (QED) is 0.873. The maximum Gasteiger partial charge on any atom is 0.308 e. The summed E-state index contributed by atoms with van der Waals surface area (Å²) in [6.07, 6.45) is 5.14. The molecule has 1 aromatic rings. The minimum Gasteiger partial charge on any atom is -0.481 e. The maximum atomic E-state index is 12.1. The molecule has 0 saturated heterocycles. The molecular weight excluding hydrogens is 278 g/mol. The second kappa shape index (κ2) is 6.83. The van der Waals surface area contributed by atoms with Gasteiger partial charge in [0.15, 0.2) is 5.76 Å². The Morgan fingerprint density at radius 1 is 1.40 bits per heavy atom. The first-order chi connectivity index (χ1) is 9.61. The zero-order valence-electron chi connectivity index (χ0n) is 11.4. The Kier molecular flexibility index (Phi) is 5.11. The van der Waals surface area contributed by atoms with Gasteiger partial charge in [-0.05, 0) is 31.2 Å². The molecule has 2 N–H and O–H groups in total. The van der Waals surface area contributed by atoms with Crippen LogP contribution in [0.4, 0.5) is 0 Å². The standard InChI is InChI=1S/C14H19NO4S/c1-20-8-9-6-7-12(19-9)13(16)15-11-5-3-2-4-10(11)14(17)18/h6-7,10-11H,2-5,8H2,1H3,(H,15,16)(H,17,18). The van der Waals surface area contributed by atoms with Gasteiger partial charge in [-0.2, -0.15) is 11.8 Å². The molecule has 1 saturated carbocycles. The summed E-state index contributed by atoms with van der Waals surface area (Å²) in [4.78, 5) is 23.3. The van der Waals surface area contributed by atoms with E-state index in [1.165, 1.54) is 0 Å². The molecule has 0 aliphatic heterocycles. The lowest BCUT2D eigenvalue weighted by molar-refractivity contribution is -0.143. The fourth-order valence-electron chi connectivity index (χ4n) is 2.56. The molecule has 0 aromatic carbocycles. The van der Waals surface area contributed by atoms with Gasteiger partial charge >= 0.3 is 5.97 Å². The summed E-state index contributed by atoms with van der Waals surface area (Å²) in [6.45, 7) is 0. The van der Waals surface area contributed by atoms with Crippen LogP contribution in [-0.4, -0.2) is 29.3 Å². The lowest BCUT2D eigenvalue weighted by Crippen LogP contribution is -2.45. The summed E-state index contributed by atoms with van der Waals surface area (Å²) >= 11 is 1.62. The van der Waals surface area contributed by atoms with E-state index in [0.717, 1.165) is 18.6 Å². The molecule has 1 fully saturated rings. The third-order valence-corrected chi connectivity index (χ3v) is 4.14. The highest BCUT2D eigenvalue weighted by Crippen LogP contribution is 2.25. The van der Waals surface area contributed by atoms with Crippen LogP contribution >= 0.6 is 11.8 Å². The number of nitrogens with one attached hydrogen (secondary N) is 1.